The second kappa shape index (κ2) is 11.3. The van der Waals surface area contributed by atoms with Gasteiger partial charge in [0.1, 0.15) is 5.75 Å². The van der Waals surface area contributed by atoms with Gasteiger partial charge in [0.25, 0.3) is 0 Å². The number of rotatable bonds is 4. The summed E-state index contributed by atoms with van der Waals surface area (Å²) in [7, 11) is -1.36. The van der Waals surface area contributed by atoms with Crippen LogP contribution in [0.15, 0.2) is 84.0 Å². The molecule has 10 heteroatoms. The Bertz CT molecular complexity index is 1330. The van der Waals surface area contributed by atoms with Crippen molar-refractivity contribution in [1.82, 2.24) is 15.2 Å². The molecule has 1 unspecified atom stereocenters. The Balaban J connectivity index is 0.000000170. The maximum absolute atomic E-state index is 12.5. The predicted molar refractivity (Wildman–Crippen MR) is 132 cm³/mol. The first kappa shape index (κ1) is 25.3. The van der Waals surface area contributed by atoms with Crippen molar-refractivity contribution in [2.75, 3.05) is 11.3 Å². The molecule has 0 bridgehead atoms. The number of halogens is 3. The number of ether oxygens (including phenoxy) is 1. The Morgan fingerprint density at radius 2 is 1.86 bits per heavy atom. The summed E-state index contributed by atoms with van der Waals surface area (Å²) in [5.74, 6) is 1.32. The maximum Gasteiger partial charge on any atom is 0.416 e. The topological polar surface area (TPSA) is 77.0 Å². The third kappa shape index (κ3) is 6.66. The number of alkyl halides is 3. The van der Waals surface area contributed by atoms with Crippen LogP contribution in [0.2, 0.25) is 0 Å². The largest absolute Gasteiger partial charge is 0.493 e. The summed E-state index contributed by atoms with van der Waals surface area (Å²) in [6, 6.07) is 17.9. The summed E-state index contributed by atoms with van der Waals surface area (Å²) >= 11 is 0. The first-order valence-corrected chi connectivity index (χ1v) is 12.3. The van der Waals surface area contributed by atoms with Gasteiger partial charge in [-0.15, -0.1) is 5.10 Å². The van der Waals surface area contributed by atoms with Crippen molar-refractivity contribution in [3.8, 4) is 16.9 Å². The van der Waals surface area contributed by atoms with E-state index in [0.717, 1.165) is 43.0 Å². The Hall–Kier alpha value is -3.79. The minimum atomic E-state index is -4.31. The van der Waals surface area contributed by atoms with Gasteiger partial charge in [0, 0.05) is 23.7 Å². The van der Waals surface area contributed by atoms with Crippen LogP contribution in [0, 0.1) is 6.92 Å². The van der Waals surface area contributed by atoms with Crippen LogP contribution < -0.4 is 9.46 Å². The molecule has 1 N–H and O–H groups in total. The standard InChI is InChI=1S/C13H10F3N.C13H13N3O2S/c1-9-5-6-11(8-17-9)10-3-2-4-12(7-10)13(14,15)16;17-19(16-13-4-1-7-14-15-13)11-6-5-10-3-2-8-18-12(10)9-11/h2-8H,1H3;1,4-7,9H,2-3,8H2,(H,15,16). The van der Waals surface area contributed by atoms with Crippen LogP contribution in [-0.4, -0.2) is 26.0 Å². The lowest BCUT2D eigenvalue weighted by Crippen LogP contribution is -2.11. The molecule has 0 amide bonds. The van der Waals surface area contributed by atoms with Crippen molar-refractivity contribution in [1.29, 1.82) is 0 Å². The molecule has 0 spiro atoms. The molecule has 6 nitrogen and oxygen atoms in total. The van der Waals surface area contributed by atoms with Gasteiger partial charge in [-0.05, 0) is 73.4 Å². The fourth-order valence-corrected chi connectivity index (χ4v) is 4.28. The first-order valence-electron chi connectivity index (χ1n) is 11.1. The molecule has 0 aliphatic carbocycles. The summed E-state index contributed by atoms with van der Waals surface area (Å²) in [5, 5.41) is 7.58. The molecule has 0 radical (unpaired) electrons. The zero-order valence-electron chi connectivity index (χ0n) is 19.3. The van der Waals surface area contributed by atoms with Crippen LogP contribution >= 0.6 is 0 Å². The van der Waals surface area contributed by atoms with Crippen molar-refractivity contribution in [3.63, 3.8) is 0 Å². The van der Waals surface area contributed by atoms with Gasteiger partial charge >= 0.3 is 6.18 Å². The molecule has 5 rings (SSSR count). The highest BCUT2D eigenvalue weighted by Crippen LogP contribution is 2.32. The van der Waals surface area contributed by atoms with E-state index in [0.29, 0.717) is 21.8 Å². The molecule has 2 aromatic carbocycles. The van der Waals surface area contributed by atoms with E-state index >= 15 is 0 Å². The second-order valence-electron chi connectivity index (χ2n) is 7.97. The number of anilines is 1. The zero-order valence-corrected chi connectivity index (χ0v) is 20.1. The zero-order chi connectivity index (χ0) is 25.5. The van der Waals surface area contributed by atoms with E-state index in [9.17, 15) is 17.4 Å². The van der Waals surface area contributed by atoms with Crippen LogP contribution in [-0.2, 0) is 23.6 Å². The van der Waals surface area contributed by atoms with Crippen LogP contribution in [0.1, 0.15) is 23.2 Å². The van der Waals surface area contributed by atoms with Gasteiger partial charge in [0.15, 0.2) is 16.8 Å². The Labute approximate surface area is 209 Å². The van der Waals surface area contributed by atoms with E-state index in [4.69, 9.17) is 4.74 Å². The van der Waals surface area contributed by atoms with E-state index in [2.05, 4.69) is 19.9 Å². The second-order valence-corrected chi connectivity index (χ2v) is 9.18. The number of pyridine rings is 1. The van der Waals surface area contributed by atoms with Crippen molar-refractivity contribution in [2.45, 2.75) is 30.8 Å². The third-order valence-electron chi connectivity index (χ3n) is 5.30. The molecule has 186 valence electrons. The molecule has 0 fully saturated rings. The Morgan fingerprint density at radius 1 is 1.00 bits per heavy atom. The molecule has 0 saturated carbocycles. The number of aromatic nitrogens is 3. The highest BCUT2D eigenvalue weighted by atomic mass is 32.2. The third-order valence-corrected chi connectivity index (χ3v) is 6.38. The van der Waals surface area contributed by atoms with Gasteiger partial charge in [-0.2, -0.15) is 18.3 Å². The maximum atomic E-state index is 12.5. The summed E-state index contributed by atoms with van der Waals surface area (Å²) < 4.78 is 58.2. The molecule has 1 aliphatic rings. The minimum Gasteiger partial charge on any atom is -0.493 e. The van der Waals surface area contributed by atoms with Gasteiger partial charge in [-0.1, -0.05) is 24.3 Å². The molecular formula is C26H23F3N4O2S. The smallest absolute Gasteiger partial charge is 0.416 e. The van der Waals surface area contributed by atoms with Crippen molar-refractivity contribution in [3.05, 3.63) is 95.9 Å². The van der Waals surface area contributed by atoms with E-state index in [1.54, 1.807) is 42.7 Å². The molecule has 0 saturated heterocycles. The van der Waals surface area contributed by atoms with Gasteiger partial charge in [-0.25, -0.2) is 4.21 Å². The highest BCUT2D eigenvalue weighted by molar-refractivity contribution is 7.86. The van der Waals surface area contributed by atoms with Crippen molar-refractivity contribution < 1.29 is 22.1 Å². The van der Waals surface area contributed by atoms with Gasteiger partial charge in [-0.3, -0.25) is 9.71 Å². The lowest BCUT2D eigenvalue weighted by Gasteiger charge is -2.17. The van der Waals surface area contributed by atoms with Gasteiger partial charge in [0.05, 0.1) is 17.1 Å². The normalized spacial score (nSPS) is 13.4. The minimum absolute atomic E-state index is 0.486. The lowest BCUT2D eigenvalue weighted by molar-refractivity contribution is -0.137. The van der Waals surface area contributed by atoms with E-state index in [-0.39, 0.29) is 0 Å². The average Bonchev–Trinajstić information content (AvgIpc) is 2.89. The number of aryl methyl sites for hydroxylation is 2. The van der Waals surface area contributed by atoms with Crippen LogP contribution in [0.5, 0.6) is 5.75 Å². The number of nitrogens with zero attached hydrogens (tertiary/aromatic N) is 3. The quantitative estimate of drug-likeness (QED) is 0.362. The SMILES string of the molecule is Cc1ccc(-c2cccc(C(F)(F)F)c2)cn1.O=S(Nc1cccnn1)c1ccc2c(c1)OCCC2. The Kier molecular flexibility index (Phi) is 7.94. The number of benzene rings is 2. The summed E-state index contributed by atoms with van der Waals surface area (Å²) in [6.07, 6.45) is 0.882. The summed E-state index contributed by atoms with van der Waals surface area (Å²) in [5.41, 5.74) is 2.57. The van der Waals surface area contributed by atoms with Crippen molar-refractivity contribution >= 4 is 16.8 Å². The van der Waals surface area contributed by atoms with E-state index < -0.39 is 22.7 Å². The van der Waals surface area contributed by atoms with Crippen LogP contribution in [0.4, 0.5) is 19.0 Å². The summed E-state index contributed by atoms with van der Waals surface area (Å²) in [6.45, 7) is 2.55. The number of fused-ring (bicyclic) bond motifs is 1. The number of hydrogen-bond donors (Lipinski definition) is 1. The lowest BCUT2D eigenvalue weighted by atomic mass is 10.0. The number of nitrogens with one attached hydrogen (secondary N) is 1. The molecule has 3 heterocycles. The van der Waals surface area contributed by atoms with E-state index in [1.807, 2.05) is 25.1 Å². The molecule has 4 aromatic rings. The first-order chi connectivity index (χ1) is 17.3. The predicted octanol–water partition coefficient (Wildman–Crippen LogP) is 6.01. The molecule has 1 atom stereocenters. The van der Waals surface area contributed by atoms with Gasteiger partial charge in [0.2, 0.25) is 0 Å². The van der Waals surface area contributed by atoms with E-state index in [1.165, 1.54) is 11.6 Å². The van der Waals surface area contributed by atoms with Gasteiger partial charge < -0.3 is 4.74 Å². The number of hydrogen-bond acceptors (Lipinski definition) is 5. The molecular weight excluding hydrogens is 489 g/mol. The molecule has 1 aliphatic heterocycles. The Morgan fingerprint density at radius 3 is 2.58 bits per heavy atom. The molecule has 36 heavy (non-hydrogen) atoms. The fraction of sp³-hybridized carbons (Fsp3) is 0.192. The monoisotopic (exact) mass is 512 g/mol. The van der Waals surface area contributed by atoms with Crippen LogP contribution in [0.3, 0.4) is 0 Å². The molecule has 2 aromatic heterocycles. The van der Waals surface area contributed by atoms with Crippen LogP contribution in [0.25, 0.3) is 11.1 Å². The summed E-state index contributed by atoms with van der Waals surface area (Å²) in [4.78, 5) is 4.74. The highest BCUT2D eigenvalue weighted by Gasteiger charge is 2.30. The van der Waals surface area contributed by atoms with Crippen molar-refractivity contribution in [2.24, 2.45) is 0 Å². The average molecular weight is 513 g/mol. The fourth-order valence-electron chi connectivity index (χ4n) is 3.46.